The summed E-state index contributed by atoms with van der Waals surface area (Å²) in [5, 5.41) is 5.48. The van der Waals surface area contributed by atoms with E-state index >= 15 is 0 Å². The number of carbonyl (C=O) groups excluding carboxylic acids is 1. The minimum Gasteiger partial charge on any atom is -0.322 e. The largest absolute Gasteiger partial charge is 0.322 e. The highest BCUT2D eigenvalue weighted by atomic mass is 35.5. The zero-order chi connectivity index (χ0) is 17.1. The van der Waals surface area contributed by atoms with Crippen LogP contribution in [-0.4, -0.2) is 5.91 Å². The number of amides is 1. The van der Waals surface area contributed by atoms with Crippen LogP contribution in [0.1, 0.15) is 42.1 Å². The lowest BCUT2D eigenvalue weighted by atomic mass is 9.96. The molecule has 0 fully saturated rings. The third-order valence-electron chi connectivity index (χ3n) is 4.47. The van der Waals surface area contributed by atoms with Gasteiger partial charge < -0.3 is 5.32 Å². The van der Waals surface area contributed by atoms with Crippen LogP contribution < -0.4 is 5.32 Å². The first-order valence-corrected chi connectivity index (χ1v) is 8.57. The fraction of sp³-hybridized carbons (Fsp3) is 0.190. The molecule has 1 atom stereocenters. The average Bonchev–Trinajstić information content (AvgIpc) is 2.61. The summed E-state index contributed by atoms with van der Waals surface area (Å²) in [6.45, 7) is 4.32. The number of rotatable bonds is 4. The minimum absolute atomic E-state index is 0.112. The van der Waals surface area contributed by atoms with Gasteiger partial charge in [0.05, 0.1) is 0 Å². The lowest BCUT2D eigenvalue weighted by Crippen LogP contribution is -2.14. The van der Waals surface area contributed by atoms with E-state index in [9.17, 15) is 4.79 Å². The zero-order valence-corrected chi connectivity index (χ0v) is 14.6. The standard InChI is InChI=1S/C21H20ClNO/c1-3-14(2)15-8-4-5-13-20(15)23-21(24)18-11-6-10-17-16(18)9-7-12-19(17)22/h4-14H,3H2,1-2H3,(H,23,24)/t14-/m1/s1. The van der Waals surface area contributed by atoms with Crippen molar-refractivity contribution in [2.45, 2.75) is 26.2 Å². The summed E-state index contributed by atoms with van der Waals surface area (Å²) in [5.41, 5.74) is 2.66. The summed E-state index contributed by atoms with van der Waals surface area (Å²) in [5.74, 6) is 0.280. The Morgan fingerprint density at radius 2 is 1.71 bits per heavy atom. The first-order chi connectivity index (χ1) is 11.6. The van der Waals surface area contributed by atoms with Gasteiger partial charge in [-0.25, -0.2) is 0 Å². The second-order valence-electron chi connectivity index (χ2n) is 5.99. The van der Waals surface area contributed by atoms with Crippen LogP contribution in [0.25, 0.3) is 10.8 Å². The molecular weight excluding hydrogens is 318 g/mol. The molecule has 24 heavy (non-hydrogen) atoms. The van der Waals surface area contributed by atoms with Crippen molar-refractivity contribution in [1.29, 1.82) is 0 Å². The topological polar surface area (TPSA) is 29.1 Å². The fourth-order valence-corrected chi connectivity index (χ4v) is 3.16. The molecule has 122 valence electrons. The van der Waals surface area contributed by atoms with E-state index in [1.54, 1.807) is 0 Å². The van der Waals surface area contributed by atoms with Gasteiger partial charge in [-0.3, -0.25) is 4.79 Å². The summed E-state index contributed by atoms with van der Waals surface area (Å²) >= 11 is 6.25. The molecule has 1 N–H and O–H groups in total. The lowest BCUT2D eigenvalue weighted by molar-refractivity contribution is 0.102. The van der Waals surface area contributed by atoms with Crippen LogP contribution in [0.2, 0.25) is 5.02 Å². The van der Waals surface area contributed by atoms with Crippen LogP contribution >= 0.6 is 11.6 Å². The first kappa shape index (κ1) is 16.5. The molecule has 0 bridgehead atoms. The Morgan fingerprint density at radius 3 is 2.50 bits per heavy atom. The number of hydrogen-bond donors (Lipinski definition) is 1. The first-order valence-electron chi connectivity index (χ1n) is 8.19. The molecule has 1 amide bonds. The van der Waals surface area contributed by atoms with E-state index in [1.807, 2.05) is 54.6 Å². The van der Waals surface area contributed by atoms with Crippen molar-refractivity contribution in [2.24, 2.45) is 0 Å². The molecule has 3 rings (SSSR count). The molecule has 0 aromatic heterocycles. The molecule has 3 aromatic rings. The number of anilines is 1. The Labute approximate surface area is 147 Å². The molecule has 0 unspecified atom stereocenters. The van der Waals surface area contributed by atoms with Crippen molar-refractivity contribution < 1.29 is 4.79 Å². The maximum atomic E-state index is 12.8. The van der Waals surface area contributed by atoms with E-state index in [0.717, 1.165) is 28.4 Å². The number of carbonyl (C=O) groups is 1. The van der Waals surface area contributed by atoms with Crippen molar-refractivity contribution in [3.63, 3.8) is 0 Å². The maximum absolute atomic E-state index is 12.8. The summed E-state index contributed by atoms with van der Waals surface area (Å²) in [6.07, 6.45) is 1.02. The fourth-order valence-electron chi connectivity index (χ4n) is 2.92. The normalized spacial score (nSPS) is 12.1. The number of para-hydroxylation sites is 1. The quantitative estimate of drug-likeness (QED) is 0.598. The van der Waals surface area contributed by atoms with Crippen molar-refractivity contribution >= 4 is 34.0 Å². The van der Waals surface area contributed by atoms with Crippen molar-refractivity contribution in [3.8, 4) is 0 Å². The molecule has 0 heterocycles. The van der Waals surface area contributed by atoms with Gasteiger partial charge in [0.1, 0.15) is 0 Å². The molecule has 2 nitrogen and oxygen atoms in total. The smallest absolute Gasteiger partial charge is 0.256 e. The molecule has 0 radical (unpaired) electrons. The molecule has 0 spiro atoms. The zero-order valence-electron chi connectivity index (χ0n) is 13.8. The van der Waals surface area contributed by atoms with E-state index in [4.69, 9.17) is 11.6 Å². The number of halogens is 1. The lowest BCUT2D eigenvalue weighted by Gasteiger charge is -2.16. The monoisotopic (exact) mass is 337 g/mol. The summed E-state index contributed by atoms with van der Waals surface area (Å²) in [4.78, 5) is 12.8. The maximum Gasteiger partial charge on any atom is 0.256 e. The molecule has 0 aliphatic carbocycles. The summed E-state index contributed by atoms with van der Waals surface area (Å²) in [7, 11) is 0. The highest BCUT2D eigenvalue weighted by Gasteiger charge is 2.14. The van der Waals surface area contributed by atoms with Crippen molar-refractivity contribution in [2.75, 3.05) is 5.32 Å². The number of nitrogens with one attached hydrogen (secondary N) is 1. The number of fused-ring (bicyclic) bond motifs is 1. The Bertz CT molecular complexity index is 888. The molecule has 3 aromatic carbocycles. The Balaban J connectivity index is 1.99. The van der Waals surface area contributed by atoms with Crippen LogP contribution in [0, 0.1) is 0 Å². The van der Waals surface area contributed by atoms with Gasteiger partial charge >= 0.3 is 0 Å². The highest BCUT2D eigenvalue weighted by molar-refractivity contribution is 6.36. The summed E-state index contributed by atoms with van der Waals surface area (Å²) < 4.78 is 0. The number of hydrogen-bond acceptors (Lipinski definition) is 1. The minimum atomic E-state index is -0.112. The van der Waals surface area contributed by atoms with Gasteiger partial charge in [0.25, 0.3) is 5.91 Å². The second-order valence-corrected chi connectivity index (χ2v) is 6.40. The molecule has 3 heteroatoms. The van der Waals surface area contributed by atoms with E-state index < -0.39 is 0 Å². The average molecular weight is 338 g/mol. The Hall–Kier alpha value is -2.32. The molecule has 0 saturated heterocycles. The number of benzene rings is 3. The third kappa shape index (κ3) is 3.15. The highest BCUT2D eigenvalue weighted by Crippen LogP contribution is 2.29. The molecule has 0 saturated carbocycles. The SMILES string of the molecule is CC[C@@H](C)c1ccccc1NC(=O)c1cccc2c(Cl)cccc12. The second kappa shape index (κ2) is 7.06. The Kier molecular flexibility index (Phi) is 4.86. The van der Waals surface area contributed by atoms with Gasteiger partial charge in [-0.2, -0.15) is 0 Å². The van der Waals surface area contributed by atoms with Gasteiger partial charge in [-0.15, -0.1) is 0 Å². The van der Waals surface area contributed by atoms with E-state index in [0.29, 0.717) is 16.5 Å². The van der Waals surface area contributed by atoms with Gasteiger partial charge in [-0.05, 0) is 41.5 Å². The van der Waals surface area contributed by atoms with Crippen LogP contribution in [-0.2, 0) is 0 Å². The van der Waals surface area contributed by atoms with Crippen LogP contribution in [0.5, 0.6) is 0 Å². The van der Waals surface area contributed by atoms with Crippen LogP contribution in [0.3, 0.4) is 0 Å². The van der Waals surface area contributed by atoms with E-state index in [-0.39, 0.29) is 5.91 Å². The van der Waals surface area contributed by atoms with Crippen molar-refractivity contribution in [3.05, 3.63) is 76.8 Å². The van der Waals surface area contributed by atoms with Gasteiger partial charge in [0.2, 0.25) is 0 Å². The third-order valence-corrected chi connectivity index (χ3v) is 4.80. The van der Waals surface area contributed by atoms with Gasteiger partial charge in [-0.1, -0.05) is 67.9 Å². The molecule has 0 aliphatic rings. The van der Waals surface area contributed by atoms with Crippen LogP contribution in [0.4, 0.5) is 5.69 Å². The van der Waals surface area contributed by atoms with Gasteiger partial charge in [0.15, 0.2) is 0 Å². The predicted octanol–water partition coefficient (Wildman–Crippen LogP) is 6.26. The predicted molar refractivity (Wildman–Crippen MR) is 102 cm³/mol. The molecular formula is C21H20ClNO. The van der Waals surface area contributed by atoms with E-state index in [2.05, 4.69) is 25.2 Å². The molecule has 0 aliphatic heterocycles. The summed E-state index contributed by atoms with van der Waals surface area (Å²) in [6, 6.07) is 19.2. The van der Waals surface area contributed by atoms with E-state index in [1.165, 1.54) is 0 Å². The Morgan fingerprint density at radius 1 is 1.00 bits per heavy atom. The van der Waals surface area contributed by atoms with Gasteiger partial charge in [0, 0.05) is 21.7 Å². The van der Waals surface area contributed by atoms with Crippen molar-refractivity contribution in [1.82, 2.24) is 0 Å². The van der Waals surface area contributed by atoms with Crippen LogP contribution in [0.15, 0.2) is 60.7 Å².